The Morgan fingerprint density at radius 1 is 1.15 bits per heavy atom. The van der Waals surface area contributed by atoms with Crippen molar-refractivity contribution in [1.82, 2.24) is 19.7 Å². The second-order valence-electron chi connectivity index (χ2n) is 11.7. The standard InChI is InChI=1S/C29H34Cl2FN5O3/c1-16(25-22(30)7-8-23(32)26(25)31)39-24-10-18(11-34-27(24)33)20-12-35-37(15-20)21-6-5-17-13-36(14-19(17)9-21)28(38)40-29(2,3)4/h7-8,10-12,15-17,19,21H,5-6,9,13-14H2,1-4H3,(H2,33,34)/t16-,17?,19?,21?/m1/s1. The third-order valence-corrected chi connectivity index (χ3v) is 8.37. The number of halogens is 3. The largest absolute Gasteiger partial charge is 0.482 e. The number of pyridine rings is 1. The topological polar surface area (TPSA) is 95.5 Å². The molecule has 1 aliphatic heterocycles. The minimum atomic E-state index is -0.667. The number of amides is 1. The van der Waals surface area contributed by atoms with Gasteiger partial charge in [0.25, 0.3) is 0 Å². The SMILES string of the molecule is C[C@@H](Oc1cc(-c2cnn(C3CCC4CN(C(=O)OC(C)(C)C)CC4C3)c2)cnc1N)c1c(Cl)ccc(F)c1Cl. The molecule has 2 N–H and O–H groups in total. The number of nitrogens with zero attached hydrogens (tertiary/aromatic N) is 4. The van der Waals surface area contributed by atoms with Gasteiger partial charge in [0, 0.05) is 47.2 Å². The summed E-state index contributed by atoms with van der Waals surface area (Å²) in [4.78, 5) is 18.8. The predicted octanol–water partition coefficient (Wildman–Crippen LogP) is 7.32. The lowest BCUT2D eigenvalue weighted by molar-refractivity contribution is 0.0284. The summed E-state index contributed by atoms with van der Waals surface area (Å²) >= 11 is 12.4. The van der Waals surface area contributed by atoms with Gasteiger partial charge in [0.15, 0.2) is 11.6 Å². The molecule has 0 radical (unpaired) electrons. The molecule has 1 aliphatic carbocycles. The minimum Gasteiger partial charge on any atom is -0.482 e. The summed E-state index contributed by atoms with van der Waals surface area (Å²) < 4.78 is 27.7. The predicted molar refractivity (Wildman–Crippen MR) is 153 cm³/mol. The molecule has 0 spiro atoms. The van der Waals surface area contributed by atoms with Crippen molar-refractivity contribution < 1.29 is 18.7 Å². The van der Waals surface area contributed by atoms with Gasteiger partial charge in [-0.3, -0.25) is 4.68 Å². The van der Waals surface area contributed by atoms with Gasteiger partial charge < -0.3 is 20.1 Å². The van der Waals surface area contributed by atoms with Crippen LogP contribution < -0.4 is 10.5 Å². The number of anilines is 1. The number of aromatic nitrogens is 3. The van der Waals surface area contributed by atoms with Gasteiger partial charge >= 0.3 is 6.09 Å². The maximum atomic E-state index is 14.0. The Morgan fingerprint density at radius 3 is 2.65 bits per heavy atom. The zero-order valence-electron chi connectivity index (χ0n) is 23.0. The Hall–Kier alpha value is -3.04. The lowest BCUT2D eigenvalue weighted by atomic mass is 9.79. The monoisotopic (exact) mass is 589 g/mol. The third kappa shape index (κ3) is 6.00. The zero-order valence-corrected chi connectivity index (χ0v) is 24.5. The second-order valence-corrected chi connectivity index (χ2v) is 12.5. The van der Waals surface area contributed by atoms with E-state index >= 15 is 0 Å². The van der Waals surface area contributed by atoms with Crippen molar-refractivity contribution in [3.05, 3.63) is 58.2 Å². The highest BCUT2D eigenvalue weighted by Gasteiger charge is 2.41. The maximum absolute atomic E-state index is 14.0. The van der Waals surface area contributed by atoms with E-state index in [-0.39, 0.29) is 23.0 Å². The van der Waals surface area contributed by atoms with Gasteiger partial charge in [-0.15, -0.1) is 0 Å². The number of rotatable bonds is 5. The molecular weight excluding hydrogens is 556 g/mol. The number of likely N-dealkylation sites (tertiary alicyclic amines) is 1. The molecule has 11 heteroatoms. The van der Waals surface area contributed by atoms with Crippen LogP contribution in [0, 0.1) is 17.7 Å². The van der Waals surface area contributed by atoms with Gasteiger partial charge in [-0.2, -0.15) is 5.10 Å². The minimum absolute atomic E-state index is 0.0878. The van der Waals surface area contributed by atoms with Crippen molar-refractivity contribution in [3.63, 3.8) is 0 Å². The molecule has 40 heavy (non-hydrogen) atoms. The van der Waals surface area contributed by atoms with Crippen LogP contribution in [0.4, 0.5) is 15.0 Å². The average molecular weight is 591 g/mol. The summed E-state index contributed by atoms with van der Waals surface area (Å²) in [5.74, 6) is 0.860. The third-order valence-electron chi connectivity index (χ3n) is 7.65. The number of carbonyl (C=O) groups is 1. The lowest BCUT2D eigenvalue weighted by Gasteiger charge is -2.30. The Labute approximate surface area is 243 Å². The van der Waals surface area contributed by atoms with Crippen molar-refractivity contribution in [2.45, 2.75) is 64.7 Å². The van der Waals surface area contributed by atoms with Crippen LogP contribution in [0.15, 0.2) is 36.8 Å². The van der Waals surface area contributed by atoms with Crippen molar-refractivity contribution in [1.29, 1.82) is 0 Å². The molecule has 0 bridgehead atoms. The highest BCUT2D eigenvalue weighted by atomic mass is 35.5. The number of ether oxygens (including phenoxy) is 2. The molecule has 1 amide bonds. The molecule has 2 aliphatic rings. The van der Waals surface area contributed by atoms with Crippen LogP contribution in [0.3, 0.4) is 0 Å². The quantitative estimate of drug-likeness (QED) is 0.313. The van der Waals surface area contributed by atoms with E-state index in [0.29, 0.717) is 34.7 Å². The van der Waals surface area contributed by atoms with Crippen molar-refractivity contribution >= 4 is 35.1 Å². The van der Waals surface area contributed by atoms with Crippen LogP contribution in [0.2, 0.25) is 10.0 Å². The first-order valence-corrected chi connectivity index (χ1v) is 14.2. The Bertz CT molecular complexity index is 1410. The summed E-state index contributed by atoms with van der Waals surface area (Å²) in [7, 11) is 0. The van der Waals surface area contributed by atoms with E-state index < -0.39 is 17.5 Å². The van der Waals surface area contributed by atoms with Gasteiger partial charge in [-0.25, -0.2) is 14.2 Å². The van der Waals surface area contributed by atoms with Crippen molar-refractivity contribution in [3.8, 4) is 16.9 Å². The van der Waals surface area contributed by atoms with Crippen LogP contribution >= 0.6 is 23.2 Å². The number of fused-ring (bicyclic) bond motifs is 1. The van der Waals surface area contributed by atoms with Crippen molar-refractivity contribution in [2.24, 2.45) is 11.8 Å². The van der Waals surface area contributed by atoms with Crippen LogP contribution in [-0.4, -0.2) is 44.4 Å². The summed E-state index contributed by atoms with van der Waals surface area (Å²) in [6.07, 6.45) is 7.56. The zero-order chi connectivity index (χ0) is 28.8. The molecule has 1 saturated carbocycles. The first kappa shape index (κ1) is 28.5. The molecular formula is C29H34Cl2FN5O3. The first-order valence-electron chi connectivity index (χ1n) is 13.5. The van der Waals surface area contributed by atoms with Crippen LogP contribution in [-0.2, 0) is 4.74 Å². The number of nitrogen functional groups attached to an aromatic ring is 1. The Morgan fingerprint density at radius 2 is 1.90 bits per heavy atom. The normalized spacial score (nSPS) is 21.7. The maximum Gasteiger partial charge on any atom is 0.410 e. The van der Waals surface area contributed by atoms with Crippen LogP contribution in [0.5, 0.6) is 5.75 Å². The Kier molecular flexibility index (Phi) is 7.90. The molecule has 3 aromatic rings. The van der Waals surface area contributed by atoms with E-state index in [1.54, 1.807) is 25.4 Å². The molecule has 4 atom stereocenters. The van der Waals surface area contributed by atoms with Crippen LogP contribution in [0.1, 0.15) is 64.7 Å². The van der Waals surface area contributed by atoms with E-state index in [1.165, 1.54) is 12.1 Å². The highest BCUT2D eigenvalue weighted by molar-refractivity contribution is 6.36. The molecule has 3 unspecified atom stereocenters. The number of nitrogens with two attached hydrogens (primary N) is 1. The van der Waals surface area contributed by atoms with E-state index in [1.807, 2.05) is 36.5 Å². The molecule has 3 heterocycles. The lowest BCUT2D eigenvalue weighted by Crippen LogP contribution is -2.35. The number of hydrogen-bond acceptors (Lipinski definition) is 6. The van der Waals surface area contributed by atoms with E-state index in [4.69, 9.17) is 38.4 Å². The molecule has 2 aromatic heterocycles. The van der Waals surface area contributed by atoms with Gasteiger partial charge in [-0.1, -0.05) is 23.2 Å². The van der Waals surface area contributed by atoms with Gasteiger partial charge in [0.2, 0.25) is 0 Å². The number of carbonyl (C=O) groups excluding carboxylic acids is 1. The molecule has 1 aromatic carbocycles. The van der Waals surface area contributed by atoms with E-state index in [2.05, 4.69) is 10.1 Å². The summed E-state index contributed by atoms with van der Waals surface area (Å²) in [6, 6.07) is 4.68. The molecule has 2 fully saturated rings. The Balaban J connectivity index is 1.27. The van der Waals surface area contributed by atoms with Crippen molar-refractivity contribution in [2.75, 3.05) is 18.8 Å². The smallest absolute Gasteiger partial charge is 0.410 e. The van der Waals surface area contributed by atoms with E-state index in [0.717, 1.165) is 36.9 Å². The summed E-state index contributed by atoms with van der Waals surface area (Å²) in [6.45, 7) is 8.86. The summed E-state index contributed by atoms with van der Waals surface area (Å²) in [5.41, 5.74) is 7.60. The van der Waals surface area contributed by atoms with E-state index in [9.17, 15) is 9.18 Å². The molecule has 8 nitrogen and oxygen atoms in total. The fourth-order valence-corrected chi connectivity index (χ4v) is 6.36. The van der Waals surface area contributed by atoms with Gasteiger partial charge in [0.1, 0.15) is 17.5 Å². The fourth-order valence-electron chi connectivity index (χ4n) is 5.68. The fraction of sp³-hybridized carbons (Fsp3) is 0.483. The average Bonchev–Trinajstić information content (AvgIpc) is 3.54. The van der Waals surface area contributed by atoms with Gasteiger partial charge in [0.05, 0.1) is 17.3 Å². The first-order chi connectivity index (χ1) is 18.9. The molecule has 5 rings (SSSR count). The highest BCUT2D eigenvalue weighted by Crippen LogP contribution is 2.42. The molecule has 1 saturated heterocycles. The second kappa shape index (κ2) is 11.1. The number of benzene rings is 1. The number of hydrogen-bond donors (Lipinski definition) is 1. The van der Waals surface area contributed by atoms with Crippen LogP contribution in [0.25, 0.3) is 11.1 Å². The molecule has 214 valence electrons. The van der Waals surface area contributed by atoms with Gasteiger partial charge in [-0.05, 0) is 77.0 Å². The summed E-state index contributed by atoms with van der Waals surface area (Å²) in [5, 5.41) is 4.87.